The van der Waals surface area contributed by atoms with Crippen LogP contribution in [0.2, 0.25) is 0 Å². The van der Waals surface area contributed by atoms with E-state index in [-0.39, 0.29) is 17.5 Å². The van der Waals surface area contributed by atoms with Crippen molar-refractivity contribution in [1.82, 2.24) is 10.2 Å². The zero-order chi connectivity index (χ0) is 18.0. The van der Waals surface area contributed by atoms with E-state index in [1.807, 2.05) is 4.90 Å². The van der Waals surface area contributed by atoms with Crippen LogP contribution in [-0.2, 0) is 9.47 Å². The molecule has 1 atom stereocenters. The minimum atomic E-state index is -0.573. The minimum absolute atomic E-state index is 0.222. The van der Waals surface area contributed by atoms with E-state index in [2.05, 4.69) is 5.32 Å². The molecule has 25 heavy (non-hydrogen) atoms. The molecule has 0 bridgehead atoms. The number of ether oxygens (including phenoxy) is 2. The van der Waals surface area contributed by atoms with E-state index in [1.165, 1.54) is 18.1 Å². The Morgan fingerprint density at radius 3 is 2.80 bits per heavy atom. The van der Waals surface area contributed by atoms with Gasteiger partial charge < -0.3 is 19.7 Å². The van der Waals surface area contributed by atoms with Crippen LogP contribution in [0.1, 0.15) is 0 Å². The van der Waals surface area contributed by atoms with Crippen molar-refractivity contribution in [2.45, 2.75) is 6.23 Å². The molecule has 7 nitrogen and oxygen atoms in total. The average Bonchev–Trinajstić information content (AvgIpc) is 3.02. The summed E-state index contributed by atoms with van der Waals surface area (Å²) in [6, 6.07) is 4.81. The fourth-order valence-corrected chi connectivity index (χ4v) is 3.07. The summed E-state index contributed by atoms with van der Waals surface area (Å²) >= 11 is 5.04. The number of piperazine rings is 1. The fourth-order valence-electron chi connectivity index (χ4n) is 2.95. The van der Waals surface area contributed by atoms with Crippen molar-refractivity contribution in [2.75, 3.05) is 56.7 Å². The van der Waals surface area contributed by atoms with Gasteiger partial charge in [0, 0.05) is 33.2 Å². The number of methoxy groups -OCH3 is 1. The molecule has 2 fully saturated rings. The standard InChI is InChI=1S/C16H21FN4O3S/c1-19(16(25)23-2)14-10-21(15(22)24-14)11-3-4-13(12(17)9-11)20-7-5-18-6-8-20/h3-4,9,14,18H,5-8,10H2,1-2H3. The quantitative estimate of drug-likeness (QED) is 0.809. The van der Waals surface area contributed by atoms with Gasteiger partial charge in [-0.2, -0.15) is 0 Å². The largest absolute Gasteiger partial charge is 0.474 e. The van der Waals surface area contributed by atoms with E-state index in [0.717, 1.165) is 26.2 Å². The summed E-state index contributed by atoms with van der Waals surface area (Å²) < 4.78 is 24.8. The van der Waals surface area contributed by atoms with Crippen molar-refractivity contribution in [3.63, 3.8) is 0 Å². The Morgan fingerprint density at radius 1 is 1.44 bits per heavy atom. The summed E-state index contributed by atoms with van der Waals surface area (Å²) in [5.41, 5.74) is 1.01. The van der Waals surface area contributed by atoms with Crippen LogP contribution in [0, 0.1) is 5.82 Å². The highest BCUT2D eigenvalue weighted by Gasteiger charge is 2.36. The predicted octanol–water partition coefficient (Wildman–Crippen LogP) is 1.38. The van der Waals surface area contributed by atoms with Crippen molar-refractivity contribution in [2.24, 2.45) is 0 Å². The van der Waals surface area contributed by atoms with Gasteiger partial charge in [-0.3, -0.25) is 9.80 Å². The van der Waals surface area contributed by atoms with E-state index in [1.54, 1.807) is 24.1 Å². The highest BCUT2D eigenvalue weighted by Crippen LogP contribution is 2.28. The maximum absolute atomic E-state index is 14.6. The topological polar surface area (TPSA) is 57.3 Å². The molecule has 2 aliphatic heterocycles. The van der Waals surface area contributed by atoms with Crippen molar-refractivity contribution >= 4 is 34.9 Å². The van der Waals surface area contributed by atoms with Crippen molar-refractivity contribution in [1.29, 1.82) is 0 Å². The number of cyclic esters (lactones) is 1. The first-order chi connectivity index (χ1) is 12.0. The lowest BCUT2D eigenvalue weighted by Gasteiger charge is -2.30. The lowest BCUT2D eigenvalue weighted by atomic mass is 10.2. The molecule has 1 aromatic carbocycles. The Labute approximate surface area is 151 Å². The molecule has 0 aliphatic carbocycles. The maximum atomic E-state index is 14.6. The number of likely N-dealkylation sites (N-methyl/N-ethyl adjacent to an activating group) is 1. The lowest BCUT2D eigenvalue weighted by Crippen LogP contribution is -2.43. The lowest BCUT2D eigenvalue weighted by molar-refractivity contribution is 0.0678. The molecule has 0 aromatic heterocycles. The number of thiocarbonyl (C=S) groups is 1. The number of hydrogen-bond acceptors (Lipinski definition) is 6. The number of halogens is 1. The fraction of sp³-hybridized carbons (Fsp3) is 0.500. The zero-order valence-electron chi connectivity index (χ0n) is 14.2. The number of anilines is 2. The third-order valence-electron chi connectivity index (χ3n) is 4.39. The van der Waals surface area contributed by atoms with Gasteiger partial charge in [0.2, 0.25) is 0 Å². The molecule has 1 amide bonds. The molecule has 1 N–H and O–H groups in total. The molecule has 9 heteroatoms. The second kappa shape index (κ2) is 7.40. The van der Waals surface area contributed by atoms with Crippen molar-refractivity contribution < 1.29 is 18.7 Å². The third-order valence-corrected chi connectivity index (χ3v) is 4.85. The molecule has 0 saturated carbocycles. The molecule has 2 aliphatic rings. The first kappa shape index (κ1) is 17.7. The average molecular weight is 368 g/mol. The van der Waals surface area contributed by atoms with Gasteiger partial charge in [-0.25, -0.2) is 9.18 Å². The van der Waals surface area contributed by atoms with Crippen LogP contribution < -0.4 is 15.1 Å². The van der Waals surface area contributed by atoms with Gasteiger partial charge >= 0.3 is 6.09 Å². The smallest absolute Gasteiger partial charge is 0.416 e. The van der Waals surface area contributed by atoms with Gasteiger partial charge in [-0.15, -0.1) is 0 Å². The van der Waals surface area contributed by atoms with Gasteiger partial charge in [-0.1, -0.05) is 0 Å². The first-order valence-corrected chi connectivity index (χ1v) is 8.46. The summed E-state index contributed by atoms with van der Waals surface area (Å²) in [5.74, 6) is -0.351. The van der Waals surface area contributed by atoms with Crippen LogP contribution in [0.3, 0.4) is 0 Å². The molecule has 2 heterocycles. The zero-order valence-corrected chi connectivity index (χ0v) is 15.0. The van der Waals surface area contributed by atoms with Gasteiger partial charge in [0.25, 0.3) is 5.17 Å². The van der Waals surface area contributed by atoms with Gasteiger partial charge in [0.05, 0.1) is 25.0 Å². The van der Waals surface area contributed by atoms with Crippen LogP contribution in [-0.4, -0.2) is 69.3 Å². The molecule has 3 rings (SSSR count). The highest BCUT2D eigenvalue weighted by molar-refractivity contribution is 7.80. The minimum Gasteiger partial charge on any atom is -0.474 e. The Balaban J connectivity index is 1.74. The number of nitrogens with one attached hydrogen (secondary N) is 1. The van der Waals surface area contributed by atoms with Crippen LogP contribution in [0.4, 0.5) is 20.6 Å². The summed E-state index contributed by atoms with van der Waals surface area (Å²) in [7, 11) is 3.14. The summed E-state index contributed by atoms with van der Waals surface area (Å²) in [6.45, 7) is 3.40. The van der Waals surface area contributed by atoms with E-state index in [4.69, 9.17) is 21.7 Å². The molecule has 1 unspecified atom stereocenters. The van der Waals surface area contributed by atoms with Crippen LogP contribution in [0.5, 0.6) is 0 Å². The second-order valence-corrected chi connectivity index (χ2v) is 6.25. The monoisotopic (exact) mass is 368 g/mol. The summed E-state index contributed by atoms with van der Waals surface area (Å²) in [5, 5.41) is 3.46. The number of hydrogen-bond donors (Lipinski definition) is 1. The number of nitrogens with zero attached hydrogens (tertiary/aromatic N) is 3. The second-order valence-electron chi connectivity index (χ2n) is 5.90. The third kappa shape index (κ3) is 3.62. The van der Waals surface area contributed by atoms with Crippen molar-refractivity contribution in [3.05, 3.63) is 24.0 Å². The number of carbonyl (C=O) groups excluding carboxylic acids is 1. The van der Waals surface area contributed by atoms with Gasteiger partial charge in [0.1, 0.15) is 5.82 Å². The summed E-state index contributed by atoms with van der Waals surface area (Å²) in [4.78, 5) is 17.1. The first-order valence-electron chi connectivity index (χ1n) is 8.05. The SMILES string of the molecule is COC(=S)N(C)C1CN(c2ccc(N3CCNCC3)c(F)c2)C(=O)O1. The molecule has 0 radical (unpaired) electrons. The molecule has 136 valence electrons. The molecular formula is C16H21FN4O3S. The van der Waals surface area contributed by atoms with E-state index in [9.17, 15) is 9.18 Å². The van der Waals surface area contributed by atoms with E-state index >= 15 is 0 Å². The molecule has 2 saturated heterocycles. The number of benzene rings is 1. The number of amides is 1. The Kier molecular flexibility index (Phi) is 5.24. The van der Waals surface area contributed by atoms with Crippen LogP contribution in [0.15, 0.2) is 18.2 Å². The van der Waals surface area contributed by atoms with E-state index < -0.39 is 12.3 Å². The summed E-state index contributed by atoms with van der Waals surface area (Å²) in [6.07, 6.45) is -1.11. The van der Waals surface area contributed by atoms with Crippen molar-refractivity contribution in [3.8, 4) is 0 Å². The predicted molar refractivity (Wildman–Crippen MR) is 96.5 cm³/mol. The van der Waals surface area contributed by atoms with Crippen LogP contribution >= 0.6 is 12.2 Å². The Bertz CT molecular complexity index is 669. The Hall–Kier alpha value is -2.13. The van der Waals surface area contributed by atoms with Gasteiger partial charge in [-0.05, 0) is 30.4 Å². The van der Waals surface area contributed by atoms with Gasteiger partial charge in [0.15, 0.2) is 6.23 Å². The number of rotatable bonds is 3. The maximum Gasteiger partial charge on any atom is 0.416 e. The van der Waals surface area contributed by atoms with E-state index in [0.29, 0.717) is 11.4 Å². The number of carbonyl (C=O) groups is 1. The Morgan fingerprint density at radius 2 is 2.16 bits per heavy atom. The highest BCUT2D eigenvalue weighted by atomic mass is 32.1. The molecule has 0 spiro atoms. The molecule has 1 aromatic rings. The normalized spacial score (nSPS) is 20.4. The van der Waals surface area contributed by atoms with Crippen LogP contribution in [0.25, 0.3) is 0 Å². The molecular weight excluding hydrogens is 347 g/mol.